The molecule has 4 rings (SSSR count). The van der Waals surface area contributed by atoms with Crippen molar-refractivity contribution in [3.63, 3.8) is 0 Å². The molecule has 0 aliphatic carbocycles. The first-order valence-electron chi connectivity index (χ1n) is 7.70. The standard InChI is InChI=1S/C18H15N3O3S/c1-11-19-20-17(25-11)13-5-3-4-6-14(13)21(2)18(22)12-7-8-15-16(9-12)24-10-23-15/h3-9H,10H2,1-2H3. The Morgan fingerprint density at radius 1 is 1.12 bits per heavy atom. The molecule has 0 radical (unpaired) electrons. The van der Waals surface area contributed by atoms with Gasteiger partial charge in [-0.25, -0.2) is 0 Å². The van der Waals surface area contributed by atoms with Gasteiger partial charge in [0.1, 0.15) is 10.0 Å². The van der Waals surface area contributed by atoms with E-state index in [1.54, 1.807) is 30.1 Å². The largest absolute Gasteiger partial charge is 0.454 e. The molecule has 25 heavy (non-hydrogen) atoms. The lowest BCUT2D eigenvalue weighted by Gasteiger charge is -2.20. The summed E-state index contributed by atoms with van der Waals surface area (Å²) in [6, 6.07) is 12.9. The van der Waals surface area contributed by atoms with Gasteiger partial charge in [0.25, 0.3) is 5.91 Å². The number of ether oxygens (including phenoxy) is 2. The zero-order valence-electron chi connectivity index (χ0n) is 13.7. The Morgan fingerprint density at radius 3 is 2.72 bits per heavy atom. The number of amides is 1. The van der Waals surface area contributed by atoms with E-state index in [2.05, 4.69) is 10.2 Å². The van der Waals surface area contributed by atoms with Crippen molar-refractivity contribution >= 4 is 22.9 Å². The van der Waals surface area contributed by atoms with Crippen LogP contribution in [0.3, 0.4) is 0 Å². The normalized spacial score (nSPS) is 12.2. The van der Waals surface area contributed by atoms with Crippen LogP contribution >= 0.6 is 11.3 Å². The van der Waals surface area contributed by atoms with Crippen molar-refractivity contribution in [2.24, 2.45) is 0 Å². The van der Waals surface area contributed by atoms with Gasteiger partial charge in [-0.15, -0.1) is 10.2 Å². The Morgan fingerprint density at radius 2 is 1.92 bits per heavy atom. The quantitative estimate of drug-likeness (QED) is 0.721. The highest BCUT2D eigenvalue weighted by Crippen LogP contribution is 2.35. The number of carbonyl (C=O) groups is 1. The van der Waals surface area contributed by atoms with Gasteiger partial charge in [0.2, 0.25) is 6.79 Å². The molecule has 1 amide bonds. The van der Waals surface area contributed by atoms with Crippen LogP contribution in [0.5, 0.6) is 11.5 Å². The first-order chi connectivity index (χ1) is 12.1. The van der Waals surface area contributed by atoms with E-state index >= 15 is 0 Å². The highest BCUT2D eigenvalue weighted by atomic mass is 32.1. The van der Waals surface area contributed by atoms with E-state index in [-0.39, 0.29) is 12.7 Å². The van der Waals surface area contributed by atoms with Crippen molar-refractivity contribution in [2.75, 3.05) is 18.7 Å². The van der Waals surface area contributed by atoms with Gasteiger partial charge in [-0.05, 0) is 37.3 Å². The molecule has 1 aromatic heterocycles. The second-order valence-corrected chi connectivity index (χ2v) is 6.76. The maximum Gasteiger partial charge on any atom is 0.258 e. The van der Waals surface area contributed by atoms with Gasteiger partial charge in [-0.3, -0.25) is 4.79 Å². The van der Waals surface area contributed by atoms with Crippen LogP contribution in [-0.2, 0) is 0 Å². The lowest BCUT2D eigenvalue weighted by molar-refractivity contribution is 0.0992. The number of para-hydroxylation sites is 1. The number of aryl methyl sites for hydroxylation is 1. The molecule has 0 fully saturated rings. The van der Waals surface area contributed by atoms with Gasteiger partial charge in [-0.2, -0.15) is 0 Å². The Kier molecular flexibility index (Phi) is 3.85. The van der Waals surface area contributed by atoms with E-state index in [0.717, 1.165) is 21.3 Å². The van der Waals surface area contributed by atoms with E-state index in [9.17, 15) is 4.79 Å². The minimum atomic E-state index is -0.132. The molecule has 0 saturated heterocycles. The van der Waals surface area contributed by atoms with E-state index in [1.165, 1.54) is 11.3 Å². The zero-order chi connectivity index (χ0) is 17.4. The highest BCUT2D eigenvalue weighted by molar-refractivity contribution is 7.14. The number of hydrogen-bond donors (Lipinski definition) is 0. The number of nitrogens with zero attached hydrogens (tertiary/aromatic N) is 3. The first kappa shape index (κ1) is 15.6. The number of benzene rings is 2. The summed E-state index contributed by atoms with van der Waals surface area (Å²) in [5.74, 6) is 1.11. The lowest BCUT2D eigenvalue weighted by Crippen LogP contribution is -2.26. The SMILES string of the molecule is Cc1nnc(-c2ccccc2N(C)C(=O)c2ccc3c(c2)OCO3)s1. The minimum absolute atomic E-state index is 0.132. The van der Waals surface area contributed by atoms with Crippen LogP contribution in [0.4, 0.5) is 5.69 Å². The predicted molar refractivity (Wildman–Crippen MR) is 95.4 cm³/mol. The average Bonchev–Trinajstić information content (AvgIpc) is 3.28. The summed E-state index contributed by atoms with van der Waals surface area (Å²) in [4.78, 5) is 14.5. The van der Waals surface area contributed by atoms with E-state index in [4.69, 9.17) is 9.47 Å². The summed E-state index contributed by atoms with van der Waals surface area (Å²) in [6.45, 7) is 2.09. The maximum atomic E-state index is 12.9. The van der Waals surface area contributed by atoms with Gasteiger partial charge < -0.3 is 14.4 Å². The zero-order valence-corrected chi connectivity index (χ0v) is 14.5. The van der Waals surface area contributed by atoms with Gasteiger partial charge in [0.15, 0.2) is 11.5 Å². The van der Waals surface area contributed by atoms with Gasteiger partial charge >= 0.3 is 0 Å². The maximum absolute atomic E-state index is 12.9. The summed E-state index contributed by atoms with van der Waals surface area (Å²) in [5.41, 5.74) is 2.20. The van der Waals surface area contributed by atoms with Crippen LogP contribution in [-0.4, -0.2) is 29.9 Å². The lowest BCUT2D eigenvalue weighted by atomic mass is 10.1. The topological polar surface area (TPSA) is 64.6 Å². The molecule has 0 bridgehead atoms. The fourth-order valence-electron chi connectivity index (χ4n) is 2.68. The molecule has 0 unspecified atom stereocenters. The first-order valence-corrected chi connectivity index (χ1v) is 8.52. The van der Waals surface area contributed by atoms with Gasteiger partial charge in [0, 0.05) is 18.2 Å². The van der Waals surface area contributed by atoms with Crippen molar-refractivity contribution in [1.82, 2.24) is 10.2 Å². The minimum Gasteiger partial charge on any atom is -0.454 e. The monoisotopic (exact) mass is 353 g/mol. The van der Waals surface area contributed by atoms with Crippen molar-refractivity contribution < 1.29 is 14.3 Å². The second kappa shape index (κ2) is 6.18. The fourth-order valence-corrected chi connectivity index (χ4v) is 3.41. The third-order valence-electron chi connectivity index (χ3n) is 3.95. The molecule has 2 heterocycles. The van der Waals surface area contributed by atoms with Crippen LogP contribution in [0.2, 0.25) is 0 Å². The fraction of sp³-hybridized carbons (Fsp3) is 0.167. The Bertz CT molecular complexity index is 954. The number of rotatable bonds is 3. The molecule has 7 heteroatoms. The Labute approximate surface area is 148 Å². The molecule has 126 valence electrons. The number of carbonyl (C=O) groups excluding carboxylic acids is 1. The van der Waals surface area contributed by atoms with Gasteiger partial charge in [0.05, 0.1) is 5.69 Å². The number of aromatic nitrogens is 2. The van der Waals surface area contributed by atoms with Crippen LogP contribution in [0.25, 0.3) is 10.6 Å². The van der Waals surface area contributed by atoms with Crippen molar-refractivity contribution in [1.29, 1.82) is 0 Å². The summed E-state index contributed by atoms with van der Waals surface area (Å²) < 4.78 is 10.7. The summed E-state index contributed by atoms with van der Waals surface area (Å²) in [5, 5.41) is 9.95. The number of anilines is 1. The van der Waals surface area contributed by atoms with Crippen LogP contribution in [0, 0.1) is 6.92 Å². The molecule has 2 aromatic carbocycles. The molecule has 0 atom stereocenters. The van der Waals surface area contributed by atoms with Crippen LogP contribution in [0.1, 0.15) is 15.4 Å². The molecule has 0 N–H and O–H groups in total. The summed E-state index contributed by atoms with van der Waals surface area (Å²) in [7, 11) is 1.75. The predicted octanol–water partition coefficient (Wildman–Crippen LogP) is 3.52. The third-order valence-corrected chi connectivity index (χ3v) is 4.82. The molecule has 6 nitrogen and oxygen atoms in total. The van der Waals surface area contributed by atoms with E-state index < -0.39 is 0 Å². The van der Waals surface area contributed by atoms with Crippen molar-refractivity contribution in [3.05, 3.63) is 53.0 Å². The third kappa shape index (κ3) is 2.83. The van der Waals surface area contributed by atoms with E-state index in [0.29, 0.717) is 17.1 Å². The molecular weight excluding hydrogens is 338 g/mol. The van der Waals surface area contributed by atoms with Gasteiger partial charge in [-0.1, -0.05) is 23.5 Å². The summed E-state index contributed by atoms with van der Waals surface area (Å²) >= 11 is 1.50. The Hall–Kier alpha value is -2.93. The second-order valence-electron chi connectivity index (χ2n) is 5.58. The molecule has 0 spiro atoms. The molecule has 1 aliphatic rings. The molecule has 0 saturated carbocycles. The smallest absolute Gasteiger partial charge is 0.258 e. The van der Waals surface area contributed by atoms with Crippen LogP contribution < -0.4 is 14.4 Å². The highest BCUT2D eigenvalue weighted by Gasteiger charge is 2.21. The van der Waals surface area contributed by atoms with Crippen LogP contribution in [0.15, 0.2) is 42.5 Å². The summed E-state index contributed by atoms with van der Waals surface area (Å²) in [6.07, 6.45) is 0. The molecule has 1 aliphatic heterocycles. The molecular formula is C18H15N3O3S. The average molecular weight is 353 g/mol. The van der Waals surface area contributed by atoms with Crippen molar-refractivity contribution in [3.8, 4) is 22.1 Å². The molecule has 3 aromatic rings. The Balaban J connectivity index is 1.69. The van der Waals surface area contributed by atoms with E-state index in [1.807, 2.05) is 31.2 Å². The van der Waals surface area contributed by atoms with Crippen molar-refractivity contribution in [2.45, 2.75) is 6.92 Å². The number of fused-ring (bicyclic) bond motifs is 1. The number of hydrogen-bond acceptors (Lipinski definition) is 6.